The van der Waals surface area contributed by atoms with Gasteiger partial charge >= 0.3 is 6.03 Å². The van der Waals surface area contributed by atoms with E-state index in [9.17, 15) is 4.79 Å². The topological polar surface area (TPSA) is 41.6 Å². The van der Waals surface area contributed by atoms with Crippen molar-refractivity contribution in [1.29, 1.82) is 0 Å². The molecule has 2 amide bonds. The molecule has 1 N–H and O–H groups in total. The highest BCUT2D eigenvalue weighted by molar-refractivity contribution is 5.93. The van der Waals surface area contributed by atoms with Gasteiger partial charge in [0.2, 0.25) is 0 Å². The molecule has 1 aromatic rings. The SMILES string of the molecule is CCc1cc(N2CCCNC2=O)cc(C(C)(C)C)c1OC. The standard InChI is InChI=1S/C17H26N2O2/c1-6-12-10-13(19-9-7-8-18-16(19)20)11-14(15(12)21-5)17(2,3)4/h10-11H,6-9H2,1-5H3,(H,18,20). The Hall–Kier alpha value is -1.71. The van der Waals surface area contributed by atoms with Crippen LogP contribution in [0.3, 0.4) is 0 Å². The van der Waals surface area contributed by atoms with Crippen LogP contribution in [-0.2, 0) is 11.8 Å². The van der Waals surface area contributed by atoms with Gasteiger partial charge in [-0.25, -0.2) is 4.79 Å². The van der Waals surface area contributed by atoms with Crippen LogP contribution in [0.5, 0.6) is 5.75 Å². The lowest BCUT2D eigenvalue weighted by atomic mass is 9.84. The van der Waals surface area contributed by atoms with Crippen LogP contribution in [0.2, 0.25) is 0 Å². The van der Waals surface area contributed by atoms with E-state index in [1.54, 1.807) is 7.11 Å². The summed E-state index contributed by atoms with van der Waals surface area (Å²) in [6.45, 7) is 10.2. The van der Waals surface area contributed by atoms with Crippen LogP contribution in [0.25, 0.3) is 0 Å². The molecular weight excluding hydrogens is 264 g/mol. The van der Waals surface area contributed by atoms with E-state index in [-0.39, 0.29) is 11.4 Å². The molecule has 1 fully saturated rings. The summed E-state index contributed by atoms with van der Waals surface area (Å²) in [5.74, 6) is 0.950. The molecule has 2 rings (SSSR count). The van der Waals surface area contributed by atoms with Crippen molar-refractivity contribution in [3.63, 3.8) is 0 Å². The molecule has 1 aromatic carbocycles. The van der Waals surface area contributed by atoms with Crippen LogP contribution < -0.4 is 15.0 Å². The molecule has 0 saturated carbocycles. The Labute approximate surface area is 127 Å². The quantitative estimate of drug-likeness (QED) is 0.926. The predicted octanol–water partition coefficient (Wildman–Crippen LogP) is 3.47. The maximum atomic E-state index is 12.1. The Kier molecular flexibility index (Phi) is 4.45. The molecule has 1 saturated heterocycles. The second kappa shape index (κ2) is 5.96. The van der Waals surface area contributed by atoms with Crippen LogP contribution in [-0.4, -0.2) is 26.2 Å². The minimum Gasteiger partial charge on any atom is -0.496 e. The molecule has 0 spiro atoms. The van der Waals surface area contributed by atoms with E-state index in [4.69, 9.17) is 4.74 Å². The number of methoxy groups -OCH3 is 1. The second-order valence-electron chi connectivity index (χ2n) is 6.53. The largest absolute Gasteiger partial charge is 0.496 e. The lowest BCUT2D eigenvalue weighted by Gasteiger charge is -2.31. The molecule has 4 nitrogen and oxygen atoms in total. The summed E-state index contributed by atoms with van der Waals surface area (Å²) < 4.78 is 5.64. The van der Waals surface area contributed by atoms with Gasteiger partial charge in [-0.15, -0.1) is 0 Å². The average molecular weight is 290 g/mol. The molecule has 0 unspecified atom stereocenters. The lowest BCUT2D eigenvalue weighted by molar-refractivity contribution is 0.243. The van der Waals surface area contributed by atoms with E-state index >= 15 is 0 Å². The summed E-state index contributed by atoms with van der Waals surface area (Å²) in [7, 11) is 1.72. The molecule has 0 aliphatic carbocycles. The van der Waals surface area contributed by atoms with Crippen molar-refractivity contribution in [3.8, 4) is 5.75 Å². The van der Waals surface area contributed by atoms with E-state index in [0.29, 0.717) is 0 Å². The Morgan fingerprint density at radius 3 is 2.57 bits per heavy atom. The Morgan fingerprint density at radius 2 is 2.05 bits per heavy atom. The molecule has 1 aliphatic heterocycles. The highest BCUT2D eigenvalue weighted by Crippen LogP contribution is 2.38. The predicted molar refractivity (Wildman–Crippen MR) is 86.4 cm³/mol. The van der Waals surface area contributed by atoms with Crippen molar-refractivity contribution in [3.05, 3.63) is 23.3 Å². The Bertz CT molecular complexity index is 532. The molecule has 4 heteroatoms. The van der Waals surface area contributed by atoms with Crippen molar-refractivity contribution in [2.75, 3.05) is 25.1 Å². The molecular formula is C17H26N2O2. The maximum absolute atomic E-state index is 12.1. The molecule has 1 aliphatic rings. The first kappa shape index (κ1) is 15.7. The molecule has 1 heterocycles. The first-order valence-corrected chi connectivity index (χ1v) is 7.65. The zero-order valence-corrected chi connectivity index (χ0v) is 13.7. The van der Waals surface area contributed by atoms with Crippen molar-refractivity contribution in [2.24, 2.45) is 0 Å². The molecule has 0 atom stereocenters. The Morgan fingerprint density at radius 1 is 1.33 bits per heavy atom. The van der Waals surface area contributed by atoms with E-state index in [2.05, 4.69) is 45.1 Å². The molecule has 0 bridgehead atoms. The molecule has 116 valence electrons. The molecule has 0 radical (unpaired) electrons. The molecule has 0 aromatic heterocycles. The van der Waals surface area contributed by atoms with Gasteiger partial charge in [0.25, 0.3) is 0 Å². The highest BCUT2D eigenvalue weighted by Gasteiger charge is 2.26. The van der Waals surface area contributed by atoms with Crippen LogP contribution in [0.15, 0.2) is 12.1 Å². The monoisotopic (exact) mass is 290 g/mol. The van der Waals surface area contributed by atoms with E-state index in [1.165, 1.54) is 0 Å². The fourth-order valence-corrected chi connectivity index (χ4v) is 2.76. The Balaban J connectivity index is 2.55. The van der Waals surface area contributed by atoms with Crippen LogP contribution in [0, 0.1) is 0 Å². The third kappa shape index (κ3) is 3.14. The van der Waals surface area contributed by atoms with Gasteiger partial charge in [-0.3, -0.25) is 4.90 Å². The number of rotatable bonds is 3. The van der Waals surface area contributed by atoms with Gasteiger partial charge in [0.15, 0.2) is 0 Å². The summed E-state index contributed by atoms with van der Waals surface area (Å²) in [5, 5.41) is 2.91. The summed E-state index contributed by atoms with van der Waals surface area (Å²) in [6.07, 6.45) is 1.86. The highest BCUT2D eigenvalue weighted by atomic mass is 16.5. The average Bonchev–Trinajstić information content (AvgIpc) is 2.45. The van der Waals surface area contributed by atoms with Gasteiger partial charge in [0, 0.05) is 24.3 Å². The van der Waals surface area contributed by atoms with Crippen molar-refractivity contribution in [1.82, 2.24) is 5.32 Å². The van der Waals surface area contributed by atoms with E-state index in [1.807, 2.05) is 4.90 Å². The number of urea groups is 1. The number of carbonyl (C=O) groups excluding carboxylic acids is 1. The van der Waals surface area contributed by atoms with Crippen LogP contribution in [0.1, 0.15) is 45.2 Å². The number of ether oxygens (including phenoxy) is 1. The minimum atomic E-state index is -0.0302. The summed E-state index contributed by atoms with van der Waals surface area (Å²) in [5.41, 5.74) is 3.24. The van der Waals surface area contributed by atoms with Crippen molar-refractivity contribution >= 4 is 11.7 Å². The van der Waals surface area contributed by atoms with Crippen LogP contribution >= 0.6 is 0 Å². The van der Waals surface area contributed by atoms with Gasteiger partial charge in [-0.05, 0) is 36.0 Å². The fraction of sp³-hybridized carbons (Fsp3) is 0.588. The van der Waals surface area contributed by atoms with Gasteiger partial charge in [-0.2, -0.15) is 0 Å². The van der Waals surface area contributed by atoms with Crippen molar-refractivity contribution in [2.45, 2.75) is 46.0 Å². The van der Waals surface area contributed by atoms with Crippen LogP contribution in [0.4, 0.5) is 10.5 Å². The third-order valence-electron chi connectivity index (χ3n) is 3.94. The summed E-state index contributed by atoms with van der Waals surface area (Å²) >= 11 is 0. The smallest absolute Gasteiger partial charge is 0.321 e. The van der Waals surface area contributed by atoms with E-state index in [0.717, 1.165) is 48.5 Å². The fourth-order valence-electron chi connectivity index (χ4n) is 2.76. The minimum absolute atomic E-state index is 0.00618. The maximum Gasteiger partial charge on any atom is 0.321 e. The summed E-state index contributed by atoms with van der Waals surface area (Å²) in [6, 6.07) is 4.18. The number of nitrogens with zero attached hydrogens (tertiary/aromatic N) is 1. The van der Waals surface area contributed by atoms with Gasteiger partial charge in [0.1, 0.15) is 5.75 Å². The van der Waals surface area contributed by atoms with Gasteiger partial charge in [0.05, 0.1) is 7.11 Å². The zero-order valence-electron chi connectivity index (χ0n) is 13.7. The number of anilines is 1. The first-order chi connectivity index (χ1) is 9.88. The number of benzene rings is 1. The third-order valence-corrected chi connectivity index (χ3v) is 3.94. The molecule has 21 heavy (non-hydrogen) atoms. The van der Waals surface area contributed by atoms with Gasteiger partial charge in [-0.1, -0.05) is 27.7 Å². The number of carbonyl (C=O) groups is 1. The lowest BCUT2D eigenvalue weighted by Crippen LogP contribution is -2.46. The second-order valence-corrected chi connectivity index (χ2v) is 6.53. The number of hydrogen-bond acceptors (Lipinski definition) is 2. The van der Waals surface area contributed by atoms with Gasteiger partial charge < -0.3 is 10.1 Å². The number of nitrogens with one attached hydrogen (secondary N) is 1. The zero-order chi connectivity index (χ0) is 15.6. The normalized spacial score (nSPS) is 15.9. The van der Waals surface area contributed by atoms with E-state index < -0.39 is 0 Å². The first-order valence-electron chi connectivity index (χ1n) is 7.65. The number of hydrogen-bond donors (Lipinski definition) is 1. The van der Waals surface area contributed by atoms with Crippen molar-refractivity contribution < 1.29 is 9.53 Å². The number of aryl methyl sites for hydroxylation is 1. The number of amides is 2. The summed E-state index contributed by atoms with van der Waals surface area (Å²) in [4.78, 5) is 13.9.